The van der Waals surface area contributed by atoms with Gasteiger partial charge in [0.15, 0.2) is 11.6 Å². The Balaban J connectivity index is 4.93. The lowest BCUT2D eigenvalue weighted by Crippen LogP contribution is -2.45. The highest BCUT2D eigenvalue weighted by Crippen LogP contribution is 2.29. The van der Waals surface area contributed by atoms with E-state index in [0.29, 0.717) is 12.8 Å². The van der Waals surface area contributed by atoms with Crippen molar-refractivity contribution in [2.24, 2.45) is 0 Å². The molecule has 0 aromatic carbocycles. The van der Waals surface area contributed by atoms with Crippen molar-refractivity contribution in [3.05, 3.63) is 0 Å². The van der Waals surface area contributed by atoms with Crippen LogP contribution in [0.1, 0.15) is 91.9 Å². The van der Waals surface area contributed by atoms with E-state index < -0.39 is 33.3 Å². The molecular formula is C20H32Cl2O6. The van der Waals surface area contributed by atoms with E-state index in [1.165, 1.54) is 13.8 Å². The highest BCUT2D eigenvalue weighted by atomic mass is 35.5. The van der Waals surface area contributed by atoms with Gasteiger partial charge in [0.25, 0.3) is 0 Å². The van der Waals surface area contributed by atoms with Crippen LogP contribution in [0.15, 0.2) is 0 Å². The molecule has 0 N–H and O–H groups in total. The van der Waals surface area contributed by atoms with E-state index in [4.69, 9.17) is 23.2 Å². The van der Waals surface area contributed by atoms with Crippen LogP contribution in [0.25, 0.3) is 0 Å². The quantitative estimate of drug-likeness (QED) is 0.124. The summed E-state index contributed by atoms with van der Waals surface area (Å²) in [5, 5.41) is 0. The van der Waals surface area contributed by atoms with Crippen LogP contribution in [-0.2, 0) is 29.0 Å². The molecule has 0 aromatic heterocycles. The third-order valence-corrected chi connectivity index (χ3v) is 5.92. The molecule has 0 heterocycles. The van der Waals surface area contributed by atoms with Gasteiger partial charge in [0.1, 0.15) is 0 Å². The van der Waals surface area contributed by atoms with Crippen LogP contribution < -0.4 is 0 Å². The van der Waals surface area contributed by atoms with Crippen molar-refractivity contribution in [3.63, 3.8) is 0 Å². The number of hydrogen-bond acceptors (Lipinski definition) is 6. The molecule has 0 aliphatic carbocycles. The molecule has 0 amide bonds. The molecule has 0 radical (unpaired) electrons. The predicted molar refractivity (Wildman–Crippen MR) is 108 cm³/mol. The summed E-state index contributed by atoms with van der Waals surface area (Å²) in [7, 11) is 0. The Hall–Kier alpha value is -1.14. The smallest absolute Gasteiger partial charge is 0.297 e. The second-order valence-corrected chi connectivity index (χ2v) is 8.37. The number of alkyl halides is 2. The minimum atomic E-state index is -1.93. The number of Topliss-reactive ketones (excluding diaryl/α,β-unsaturated/α-hetero) is 2. The molecule has 0 rings (SSSR count). The fourth-order valence-corrected chi connectivity index (χ4v) is 2.97. The maximum absolute atomic E-state index is 12.3. The molecule has 28 heavy (non-hydrogen) atoms. The standard InChI is InChI=1S/C20H32Cl2O6/c1-5-7-9-11-13-19(21,15(3)23)17(25)27-28-18(26)20(22,16(4)24)14-12-10-8-6-2/h5-14H2,1-4H3. The molecule has 8 heteroatoms. The Bertz CT molecular complexity index is 503. The summed E-state index contributed by atoms with van der Waals surface area (Å²) in [5.41, 5.74) is 0. The Labute approximate surface area is 177 Å². The van der Waals surface area contributed by atoms with Gasteiger partial charge in [0.05, 0.1) is 0 Å². The summed E-state index contributed by atoms with van der Waals surface area (Å²) in [6.07, 6.45) is 6.69. The Morgan fingerprint density at radius 3 is 1.21 bits per heavy atom. The lowest BCUT2D eigenvalue weighted by molar-refractivity contribution is -0.262. The Morgan fingerprint density at radius 2 is 0.964 bits per heavy atom. The maximum atomic E-state index is 12.3. The van der Waals surface area contributed by atoms with E-state index in [0.717, 1.165) is 38.5 Å². The van der Waals surface area contributed by atoms with Gasteiger partial charge in [0, 0.05) is 0 Å². The van der Waals surface area contributed by atoms with E-state index >= 15 is 0 Å². The fraction of sp³-hybridized carbons (Fsp3) is 0.800. The van der Waals surface area contributed by atoms with Crippen LogP contribution in [0, 0.1) is 0 Å². The average Bonchev–Trinajstić information content (AvgIpc) is 2.65. The van der Waals surface area contributed by atoms with Gasteiger partial charge in [-0.15, -0.1) is 0 Å². The molecule has 0 saturated heterocycles. The number of ketones is 2. The third kappa shape index (κ3) is 8.08. The van der Waals surface area contributed by atoms with Gasteiger partial charge in [0.2, 0.25) is 9.75 Å². The fourth-order valence-electron chi connectivity index (χ4n) is 2.64. The molecule has 2 atom stereocenters. The van der Waals surface area contributed by atoms with Gasteiger partial charge in [-0.1, -0.05) is 88.4 Å². The van der Waals surface area contributed by atoms with Crippen molar-refractivity contribution in [3.8, 4) is 0 Å². The van der Waals surface area contributed by atoms with Crippen LogP contribution in [0.3, 0.4) is 0 Å². The number of rotatable bonds is 14. The molecule has 0 spiro atoms. The molecule has 0 bridgehead atoms. The van der Waals surface area contributed by atoms with Crippen molar-refractivity contribution in [2.75, 3.05) is 0 Å². The minimum absolute atomic E-state index is 0.0655. The van der Waals surface area contributed by atoms with Crippen LogP contribution in [-0.4, -0.2) is 33.3 Å². The van der Waals surface area contributed by atoms with Crippen LogP contribution in [0.5, 0.6) is 0 Å². The van der Waals surface area contributed by atoms with Crippen molar-refractivity contribution in [1.29, 1.82) is 0 Å². The van der Waals surface area contributed by atoms with Gasteiger partial charge >= 0.3 is 11.9 Å². The summed E-state index contributed by atoms with van der Waals surface area (Å²) in [6, 6.07) is 0. The maximum Gasteiger partial charge on any atom is 0.383 e. The number of carbonyl (C=O) groups is 4. The highest BCUT2D eigenvalue weighted by Gasteiger charge is 2.47. The number of unbranched alkanes of at least 4 members (excludes halogenated alkanes) is 6. The molecule has 0 aromatic rings. The molecule has 162 valence electrons. The van der Waals surface area contributed by atoms with Crippen LogP contribution >= 0.6 is 23.2 Å². The highest BCUT2D eigenvalue weighted by molar-refractivity contribution is 6.46. The van der Waals surface area contributed by atoms with Gasteiger partial charge in [-0.3, -0.25) is 9.59 Å². The largest absolute Gasteiger partial charge is 0.383 e. The zero-order valence-corrected chi connectivity index (χ0v) is 18.8. The monoisotopic (exact) mass is 438 g/mol. The summed E-state index contributed by atoms with van der Waals surface area (Å²) in [5.74, 6) is -3.56. The number of hydrogen-bond donors (Lipinski definition) is 0. The summed E-state index contributed by atoms with van der Waals surface area (Å²) >= 11 is 12.3. The summed E-state index contributed by atoms with van der Waals surface area (Å²) < 4.78 is 0. The first-order valence-corrected chi connectivity index (χ1v) is 10.6. The van der Waals surface area contributed by atoms with Crippen LogP contribution in [0.2, 0.25) is 0 Å². The molecule has 0 aliphatic heterocycles. The van der Waals surface area contributed by atoms with Gasteiger partial charge in [-0.05, 0) is 26.7 Å². The summed E-state index contributed by atoms with van der Waals surface area (Å²) in [4.78, 5) is 53.5. The normalized spacial score (nSPS) is 15.2. The lowest BCUT2D eigenvalue weighted by Gasteiger charge is -2.23. The van der Waals surface area contributed by atoms with Crippen LogP contribution in [0.4, 0.5) is 0 Å². The minimum Gasteiger partial charge on any atom is -0.297 e. The van der Waals surface area contributed by atoms with Gasteiger partial charge in [-0.2, -0.15) is 0 Å². The zero-order valence-electron chi connectivity index (χ0n) is 17.3. The molecule has 0 saturated carbocycles. The average molecular weight is 439 g/mol. The number of carbonyl (C=O) groups excluding carboxylic acids is 4. The number of halogens is 2. The van der Waals surface area contributed by atoms with Crippen molar-refractivity contribution in [1.82, 2.24) is 0 Å². The molecule has 0 fully saturated rings. The second kappa shape index (κ2) is 13.2. The topological polar surface area (TPSA) is 86.7 Å². The van der Waals surface area contributed by atoms with E-state index in [1.54, 1.807) is 0 Å². The first kappa shape index (κ1) is 26.9. The third-order valence-electron chi connectivity index (χ3n) is 4.71. The van der Waals surface area contributed by atoms with E-state index in [2.05, 4.69) is 9.78 Å². The second-order valence-electron chi connectivity index (χ2n) is 7.08. The van der Waals surface area contributed by atoms with E-state index in [-0.39, 0.29) is 12.8 Å². The molecule has 2 unspecified atom stereocenters. The predicted octanol–water partition coefficient (Wildman–Crippen LogP) is 5.06. The SMILES string of the molecule is CCCCCCC(Cl)(C(C)=O)C(=O)OOC(=O)C(Cl)(CCCCCC)C(C)=O. The molecule has 0 aliphatic rings. The zero-order chi connectivity index (χ0) is 21.8. The van der Waals surface area contributed by atoms with Crippen molar-refractivity contribution in [2.45, 2.75) is 102 Å². The Kier molecular flexibility index (Phi) is 12.6. The molecular weight excluding hydrogens is 407 g/mol. The molecule has 6 nitrogen and oxygen atoms in total. The van der Waals surface area contributed by atoms with Crippen molar-refractivity contribution < 1.29 is 29.0 Å². The van der Waals surface area contributed by atoms with E-state index in [9.17, 15) is 19.2 Å². The van der Waals surface area contributed by atoms with Gasteiger partial charge < -0.3 is 0 Å². The lowest BCUT2D eigenvalue weighted by atomic mass is 9.96. The van der Waals surface area contributed by atoms with E-state index in [1.807, 2.05) is 13.8 Å². The van der Waals surface area contributed by atoms with Crippen molar-refractivity contribution >= 4 is 46.7 Å². The summed E-state index contributed by atoms with van der Waals surface area (Å²) in [6.45, 7) is 6.40. The Morgan fingerprint density at radius 1 is 0.643 bits per heavy atom. The van der Waals surface area contributed by atoms with Gasteiger partial charge in [-0.25, -0.2) is 19.4 Å². The first-order chi connectivity index (χ1) is 13.1. The first-order valence-electron chi connectivity index (χ1n) is 9.89.